The van der Waals surface area contributed by atoms with E-state index in [1.807, 2.05) is 0 Å². The highest BCUT2D eigenvalue weighted by atomic mass is 79.9. The van der Waals surface area contributed by atoms with Gasteiger partial charge in [-0.05, 0) is 49.4 Å². The molecule has 0 aromatic heterocycles. The number of hydrogen-bond acceptors (Lipinski definition) is 5. The summed E-state index contributed by atoms with van der Waals surface area (Å²) in [5.41, 5.74) is 4.60. The molecule has 2 aromatic carbocycles. The number of rotatable bonds is 6. The number of hydrogen-bond donors (Lipinski definition) is 2. The molecule has 0 spiro atoms. The average Bonchev–Trinajstić information content (AvgIpc) is 2.67. The SMILES string of the molecule is CC(Oc1ccc(Br)cc1)C(=O)NNC(=O)c1cccc(S(=O)(=O)N(C)C)c1. The number of sulfonamides is 1. The second-order valence-corrected chi connectivity index (χ2v) is 9.04. The number of carbonyl (C=O) groups excluding carboxylic acids is 2. The Morgan fingerprint density at radius 1 is 1.07 bits per heavy atom. The van der Waals surface area contributed by atoms with Crippen LogP contribution in [-0.2, 0) is 14.8 Å². The van der Waals surface area contributed by atoms with Crippen molar-refractivity contribution in [1.29, 1.82) is 0 Å². The lowest BCUT2D eigenvalue weighted by Gasteiger charge is -2.15. The Morgan fingerprint density at radius 3 is 2.32 bits per heavy atom. The minimum Gasteiger partial charge on any atom is -0.481 e. The molecule has 2 rings (SSSR count). The molecule has 2 N–H and O–H groups in total. The van der Waals surface area contributed by atoms with E-state index >= 15 is 0 Å². The summed E-state index contributed by atoms with van der Waals surface area (Å²) >= 11 is 3.31. The molecule has 1 atom stereocenters. The highest BCUT2D eigenvalue weighted by Gasteiger charge is 2.20. The van der Waals surface area contributed by atoms with Crippen molar-refractivity contribution in [2.75, 3.05) is 14.1 Å². The summed E-state index contributed by atoms with van der Waals surface area (Å²) < 4.78 is 31.7. The first kappa shape index (κ1) is 21.9. The van der Waals surface area contributed by atoms with Gasteiger partial charge in [0.05, 0.1) is 4.90 Å². The first-order chi connectivity index (χ1) is 13.1. The van der Waals surface area contributed by atoms with E-state index in [2.05, 4.69) is 26.8 Å². The Balaban J connectivity index is 1.98. The van der Waals surface area contributed by atoms with Crippen LogP contribution >= 0.6 is 15.9 Å². The molecule has 1 unspecified atom stereocenters. The van der Waals surface area contributed by atoms with Crippen LogP contribution in [0.5, 0.6) is 5.75 Å². The Bertz CT molecular complexity index is 961. The summed E-state index contributed by atoms with van der Waals surface area (Å²) in [6.45, 7) is 1.54. The molecule has 0 heterocycles. The largest absolute Gasteiger partial charge is 0.481 e. The number of ether oxygens (including phenoxy) is 1. The van der Waals surface area contributed by atoms with Gasteiger partial charge in [-0.3, -0.25) is 20.4 Å². The fourth-order valence-corrected chi connectivity index (χ4v) is 3.28. The number of halogens is 1. The maximum Gasteiger partial charge on any atom is 0.279 e. The van der Waals surface area contributed by atoms with E-state index in [-0.39, 0.29) is 10.5 Å². The predicted molar refractivity (Wildman–Crippen MR) is 107 cm³/mol. The van der Waals surface area contributed by atoms with E-state index in [4.69, 9.17) is 4.74 Å². The third-order valence-corrected chi connectivity index (χ3v) is 6.01. The third-order valence-electron chi connectivity index (χ3n) is 3.67. The minimum atomic E-state index is -3.67. The van der Waals surface area contributed by atoms with E-state index in [0.29, 0.717) is 5.75 Å². The van der Waals surface area contributed by atoms with Gasteiger partial charge in [-0.25, -0.2) is 12.7 Å². The van der Waals surface area contributed by atoms with Gasteiger partial charge < -0.3 is 4.74 Å². The fraction of sp³-hybridized carbons (Fsp3) is 0.222. The molecular weight excluding hydrogens is 450 g/mol. The lowest BCUT2D eigenvalue weighted by Crippen LogP contribution is -2.47. The van der Waals surface area contributed by atoms with Crippen LogP contribution in [-0.4, -0.2) is 44.7 Å². The molecular formula is C18H20BrN3O5S. The standard InChI is InChI=1S/C18H20BrN3O5S/c1-12(27-15-9-7-14(19)8-10-15)17(23)20-21-18(24)13-5-4-6-16(11-13)28(25,26)22(2)3/h4-12H,1-3H3,(H,20,23)(H,21,24). The second kappa shape index (κ2) is 9.18. The molecule has 0 saturated heterocycles. The van der Waals surface area contributed by atoms with Gasteiger partial charge in [-0.15, -0.1) is 0 Å². The monoisotopic (exact) mass is 469 g/mol. The van der Waals surface area contributed by atoms with Gasteiger partial charge in [0.1, 0.15) is 5.75 Å². The molecule has 8 nitrogen and oxygen atoms in total. The molecule has 2 aromatic rings. The highest BCUT2D eigenvalue weighted by molar-refractivity contribution is 9.10. The zero-order valence-corrected chi connectivity index (χ0v) is 17.9. The lowest BCUT2D eigenvalue weighted by atomic mass is 10.2. The van der Waals surface area contributed by atoms with Gasteiger partial charge in [0.2, 0.25) is 10.0 Å². The smallest absolute Gasteiger partial charge is 0.279 e. The van der Waals surface area contributed by atoms with Gasteiger partial charge in [-0.2, -0.15) is 0 Å². The molecule has 0 aliphatic carbocycles. The van der Waals surface area contributed by atoms with E-state index in [1.165, 1.54) is 45.3 Å². The second-order valence-electron chi connectivity index (χ2n) is 5.97. The van der Waals surface area contributed by atoms with Crippen molar-refractivity contribution in [3.8, 4) is 5.75 Å². The normalized spacial score (nSPS) is 12.3. The maximum absolute atomic E-state index is 12.2. The molecule has 0 aliphatic rings. The van der Waals surface area contributed by atoms with Crippen molar-refractivity contribution in [3.05, 3.63) is 58.6 Å². The van der Waals surface area contributed by atoms with Crippen LogP contribution in [0.2, 0.25) is 0 Å². The number of hydrazine groups is 1. The van der Waals surface area contributed by atoms with Crippen LogP contribution in [0.25, 0.3) is 0 Å². The molecule has 0 saturated carbocycles. The fourth-order valence-electron chi connectivity index (χ4n) is 2.07. The van der Waals surface area contributed by atoms with E-state index in [9.17, 15) is 18.0 Å². The molecule has 10 heteroatoms. The summed E-state index contributed by atoms with van der Waals surface area (Å²) in [5.74, 6) is -0.716. The first-order valence-electron chi connectivity index (χ1n) is 8.16. The van der Waals surface area contributed by atoms with Crippen molar-refractivity contribution in [2.24, 2.45) is 0 Å². The molecule has 150 valence electrons. The Kier molecular flexibility index (Phi) is 7.17. The zero-order valence-electron chi connectivity index (χ0n) is 15.5. The maximum atomic E-state index is 12.2. The Hall–Kier alpha value is -2.43. The van der Waals surface area contributed by atoms with Gasteiger partial charge in [0.15, 0.2) is 6.10 Å². The van der Waals surface area contributed by atoms with Crippen molar-refractivity contribution >= 4 is 37.8 Å². The average molecular weight is 470 g/mol. The zero-order chi connectivity index (χ0) is 20.9. The number of benzene rings is 2. The Morgan fingerprint density at radius 2 is 1.71 bits per heavy atom. The topological polar surface area (TPSA) is 105 Å². The van der Waals surface area contributed by atoms with Crippen molar-refractivity contribution in [1.82, 2.24) is 15.2 Å². The lowest BCUT2D eigenvalue weighted by molar-refractivity contribution is -0.128. The van der Waals surface area contributed by atoms with E-state index < -0.39 is 27.9 Å². The van der Waals surface area contributed by atoms with Gasteiger partial charge >= 0.3 is 0 Å². The van der Waals surface area contributed by atoms with Crippen LogP contribution in [0.4, 0.5) is 0 Å². The number of carbonyl (C=O) groups is 2. The summed E-state index contributed by atoms with van der Waals surface area (Å²) in [6, 6.07) is 12.5. The van der Waals surface area contributed by atoms with Gasteiger partial charge in [-0.1, -0.05) is 22.0 Å². The van der Waals surface area contributed by atoms with Crippen LogP contribution < -0.4 is 15.6 Å². The molecule has 0 fully saturated rings. The van der Waals surface area contributed by atoms with Crippen LogP contribution in [0, 0.1) is 0 Å². The quantitative estimate of drug-likeness (QED) is 0.628. The molecule has 0 radical (unpaired) electrons. The van der Waals surface area contributed by atoms with Crippen molar-refractivity contribution in [2.45, 2.75) is 17.9 Å². The molecule has 0 aliphatic heterocycles. The number of amides is 2. The van der Waals surface area contributed by atoms with Crippen LogP contribution in [0.3, 0.4) is 0 Å². The number of nitrogens with one attached hydrogen (secondary N) is 2. The third kappa shape index (κ3) is 5.54. The summed E-state index contributed by atoms with van der Waals surface area (Å²) in [6.07, 6.45) is -0.859. The van der Waals surface area contributed by atoms with Gasteiger partial charge in [0, 0.05) is 24.1 Å². The predicted octanol–water partition coefficient (Wildman–Crippen LogP) is 1.93. The van der Waals surface area contributed by atoms with Crippen molar-refractivity contribution < 1.29 is 22.7 Å². The first-order valence-corrected chi connectivity index (χ1v) is 10.4. The summed E-state index contributed by atoms with van der Waals surface area (Å²) in [7, 11) is -0.877. The molecule has 2 amide bonds. The Labute approximate surface area is 172 Å². The van der Waals surface area contributed by atoms with Crippen LogP contribution in [0.1, 0.15) is 17.3 Å². The summed E-state index contributed by atoms with van der Waals surface area (Å²) in [4.78, 5) is 24.3. The minimum absolute atomic E-state index is 0.0246. The molecule has 0 bridgehead atoms. The van der Waals surface area contributed by atoms with Gasteiger partial charge in [0.25, 0.3) is 11.8 Å². The van der Waals surface area contributed by atoms with E-state index in [0.717, 1.165) is 8.78 Å². The van der Waals surface area contributed by atoms with E-state index in [1.54, 1.807) is 24.3 Å². The number of nitrogens with zero attached hydrogens (tertiary/aromatic N) is 1. The van der Waals surface area contributed by atoms with Crippen molar-refractivity contribution in [3.63, 3.8) is 0 Å². The van der Waals surface area contributed by atoms with Crippen LogP contribution in [0.15, 0.2) is 57.9 Å². The summed E-state index contributed by atoms with van der Waals surface area (Å²) in [5, 5.41) is 0. The highest BCUT2D eigenvalue weighted by Crippen LogP contribution is 2.17. The molecule has 28 heavy (non-hydrogen) atoms.